The Kier molecular flexibility index (Phi) is 8.96. The summed E-state index contributed by atoms with van der Waals surface area (Å²) in [7, 11) is 1.61. The zero-order valence-electron chi connectivity index (χ0n) is 6.66. The van der Waals surface area contributed by atoms with Gasteiger partial charge in [0.25, 0.3) is 0 Å². The molecule has 0 saturated heterocycles. The van der Waals surface area contributed by atoms with Crippen LogP contribution in [-0.2, 0) is 18.6 Å². The second-order valence-electron chi connectivity index (χ2n) is 1.85. The Balaban J connectivity index is 3.06. The van der Waals surface area contributed by atoms with Gasteiger partial charge in [0.2, 0.25) is 0 Å². The van der Waals surface area contributed by atoms with Gasteiger partial charge in [0.1, 0.15) is 0 Å². The zero-order chi connectivity index (χ0) is 9.45. The van der Waals surface area contributed by atoms with Crippen molar-refractivity contribution in [3.05, 3.63) is 0 Å². The van der Waals surface area contributed by atoms with Crippen molar-refractivity contribution >= 4 is 46.7 Å². The Morgan fingerprint density at radius 3 is 2.25 bits per heavy atom. The molecule has 74 valence electrons. The minimum atomic E-state index is -2.39. The first-order chi connectivity index (χ1) is 5.56. The molecule has 0 fully saturated rings. The number of hydrogen-bond donors (Lipinski definition) is 0. The van der Waals surface area contributed by atoms with E-state index in [0.29, 0.717) is 26.4 Å². The number of hydrogen-bond acceptors (Lipinski definition) is 4. The quantitative estimate of drug-likeness (QED) is 0.361. The summed E-state index contributed by atoms with van der Waals surface area (Å²) >= 11 is 3.57. The first kappa shape index (κ1) is 13.6. The molecule has 0 aliphatic carbocycles. The van der Waals surface area contributed by atoms with Crippen LogP contribution in [0.4, 0.5) is 0 Å². The summed E-state index contributed by atoms with van der Waals surface area (Å²) in [6.07, 6.45) is 0. The van der Waals surface area contributed by atoms with Gasteiger partial charge in [0, 0.05) is 51.2 Å². The third kappa shape index (κ3) is 11.6. The van der Waals surface area contributed by atoms with Crippen molar-refractivity contribution in [2.24, 2.45) is 0 Å². The van der Waals surface area contributed by atoms with Crippen LogP contribution in [0.1, 0.15) is 0 Å². The largest absolute Gasteiger partial charge is 0.382 e. The highest BCUT2D eigenvalue weighted by Crippen LogP contribution is 2.63. The monoisotopic (exact) mass is 420 g/mol. The molecule has 0 unspecified atom stereocenters. The normalized spacial score (nSPS) is 11.9. The van der Waals surface area contributed by atoms with Crippen molar-refractivity contribution in [2.45, 2.75) is 0 Å². The van der Waals surface area contributed by atoms with Gasteiger partial charge in [-0.05, 0) is 0 Å². The van der Waals surface area contributed by atoms with Gasteiger partial charge in [0.05, 0.1) is 26.4 Å². The molecular weight excluding hydrogens is 409 g/mol. The van der Waals surface area contributed by atoms with E-state index in [0.717, 1.165) is 0 Å². The highest BCUT2D eigenvalue weighted by Gasteiger charge is 2.10. The van der Waals surface area contributed by atoms with Gasteiger partial charge in [-0.25, -0.2) is 0 Å². The summed E-state index contributed by atoms with van der Waals surface area (Å²) in [4.78, 5) is 0. The fourth-order valence-electron chi connectivity index (χ4n) is 0.447. The topological polar surface area (TPSA) is 44.8 Å². The second-order valence-corrected chi connectivity index (χ2v) is 16.1. The zero-order valence-corrected chi connectivity index (χ0v) is 11.9. The summed E-state index contributed by atoms with van der Waals surface area (Å²) in [6.45, 7) is 1.95. The number of ether oxygens (including phenoxy) is 2. The maximum Gasteiger partial charge on any atom is 0.315 e. The van der Waals surface area contributed by atoms with Gasteiger partial charge in [-0.15, -0.1) is 0 Å². The van der Waals surface area contributed by atoms with Crippen LogP contribution in [0.25, 0.3) is 0 Å². The molecule has 0 atom stereocenters. The van der Waals surface area contributed by atoms with Crippen LogP contribution in [0.3, 0.4) is 0 Å². The smallest absolute Gasteiger partial charge is 0.315 e. The predicted molar refractivity (Wildman–Crippen MR) is 64.3 cm³/mol. The maximum atomic E-state index is 11.0. The molecule has 4 nitrogen and oxygen atoms in total. The minimum absolute atomic E-state index is 0.368. The van der Waals surface area contributed by atoms with E-state index in [1.165, 1.54) is 0 Å². The molecule has 0 rings (SSSR count). The first-order valence-corrected chi connectivity index (χ1v) is 10.5. The number of methoxy groups -OCH3 is 1. The fourth-order valence-corrected chi connectivity index (χ4v) is 1.92. The Hall–Kier alpha value is 1.57. The summed E-state index contributed by atoms with van der Waals surface area (Å²) in [6, 6.07) is 0. The van der Waals surface area contributed by atoms with Crippen molar-refractivity contribution in [3.8, 4) is 0 Å². The van der Waals surface area contributed by atoms with Gasteiger partial charge in [-0.2, -0.15) is 0 Å². The lowest BCUT2D eigenvalue weighted by atomic mass is 10.7. The van der Waals surface area contributed by atoms with E-state index in [-0.39, 0.29) is 0 Å². The van der Waals surface area contributed by atoms with Crippen molar-refractivity contribution in [3.63, 3.8) is 0 Å². The van der Waals surface area contributed by atoms with Crippen molar-refractivity contribution < 1.29 is 18.6 Å². The molecule has 0 spiro atoms. The van der Waals surface area contributed by atoms with Gasteiger partial charge in [-0.1, -0.05) is 0 Å². The lowest BCUT2D eigenvalue weighted by Crippen LogP contribution is -2.06. The lowest BCUT2D eigenvalue weighted by Gasteiger charge is -2.05. The molecule has 0 aromatic heterocycles. The molecular formula is C5H11I2O4P. The van der Waals surface area contributed by atoms with Crippen LogP contribution < -0.4 is 0 Å². The molecule has 0 aromatic carbocycles. The second kappa shape index (κ2) is 7.93. The summed E-state index contributed by atoms with van der Waals surface area (Å²) in [5.74, 6) is 0. The maximum absolute atomic E-state index is 11.0. The lowest BCUT2D eigenvalue weighted by molar-refractivity contribution is 0.0562. The van der Waals surface area contributed by atoms with Crippen LogP contribution in [0, 0.1) is 0 Å². The Morgan fingerprint density at radius 1 is 1.17 bits per heavy atom. The molecule has 0 N–H and O–H groups in total. The van der Waals surface area contributed by atoms with E-state index in [1.807, 2.05) is 0 Å². The molecule has 0 aromatic rings. The molecule has 0 aliphatic rings. The van der Waals surface area contributed by atoms with Crippen LogP contribution in [-0.4, -0.2) is 33.5 Å². The molecule has 0 amide bonds. The van der Waals surface area contributed by atoms with Crippen LogP contribution >= 0.6 is 46.7 Å². The number of rotatable bonds is 7. The number of halogens is 2. The van der Waals surface area contributed by atoms with E-state index in [2.05, 4.69) is 0 Å². The van der Waals surface area contributed by atoms with Crippen LogP contribution in [0.5, 0.6) is 0 Å². The average molecular weight is 420 g/mol. The molecule has 0 bridgehead atoms. The van der Waals surface area contributed by atoms with Crippen molar-refractivity contribution in [2.75, 3.05) is 33.5 Å². The summed E-state index contributed by atoms with van der Waals surface area (Å²) < 4.78 is 23.4. The van der Waals surface area contributed by atoms with Gasteiger partial charge >= 0.3 is 2.65 Å². The Morgan fingerprint density at radius 2 is 1.75 bits per heavy atom. The molecule has 12 heavy (non-hydrogen) atoms. The molecule has 0 heterocycles. The molecule has 7 heteroatoms. The Labute approximate surface area is 98.1 Å². The van der Waals surface area contributed by atoms with Gasteiger partial charge < -0.3 is 14.0 Å². The van der Waals surface area contributed by atoms with Gasteiger partial charge in [-0.3, -0.25) is 4.57 Å². The first-order valence-electron chi connectivity index (χ1n) is 3.27. The third-order valence-corrected chi connectivity index (χ3v) is 3.06. The van der Waals surface area contributed by atoms with E-state index >= 15 is 0 Å². The SMILES string of the molecule is COCCOCCOP(=O)(I)I. The summed E-state index contributed by atoms with van der Waals surface area (Å²) in [5, 5.41) is 0. The van der Waals surface area contributed by atoms with Crippen LogP contribution in [0.15, 0.2) is 0 Å². The Bertz CT molecular complexity index is 148. The van der Waals surface area contributed by atoms with E-state index in [4.69, 9.17) is 14.0 Å². The molecule has 0 radical (unpaired) electrons. The predicted octanol–water partition coefficient (Wildman–Crippen LogP) is 2.64. The molecule has 0 saturated carbocycles. The van der Waals surface area contributed by atoms with Crippen LogP contribution in [0.2, 0.25) is 0 Å². The van der Waals surface area contributed by atoms with Gasteiger partial charge in [0.15, 0.2) is 0 Å². The molecule has 0 aliphatic heterocycles. The highest BCUT2D eigenvalue weighted by molar-refractivity contribution is 14.3. The fraction of sp³-hybridized carbons (Fsp3) is 1.00. The van der Waals surface area contributed by atoms with E-state index in [1.54, 1.807) is 51.2 Å². The third-order valence-electron chi connectivity index (χ3n) is 0.901. The standard InChI is InChI=1S/C5H11I2O4P/c1-9-2-3-10-4-5-11-12(6,7)8/h2-5H2,1H3. The summed E-state index contributed by atoms with van der Waals surface area (Å²) in [5.41, 5.74) is 0. The minimum Gasteiger partial charge on any atom is -0.382 e. The van der Waals surface area contributed by atoms with E-state index in [9.17, 15) is 4.57 Å². The van der Waals surface area contributed by atoms with E-state index < -0.39 is 2.65 Å². The van der Waals surface area contributed by atoms with Crippen molar-refractivity contribution in [1.29, 1.82) is 0 Å². The average Bonchev–Trinajstić information content (AvgIpc) is 1.94. The van der Waals surface area contributed by atoms with Crippen molar-refractivity contribution in [1.82, 2.24) is 0 Å². The highest BCUT2D eigenvalue weighted by atomic mass is 127.